The third kappa shape index (κ3) is 3.09. The molecule has 0 saturated heterocycles. The van der Waals surface area contributed by atoms with Crippen LogP contribution >= 0.6 is 15.9 Å². The molecular formula is C12H21BrN4. The van der Waals surface area contributed by atoms with Crippen molar-refractivity contribution in [1.29, 1.82) is 0 Å². The molecule has 2 rings (SSSR count). The van der Waals surface area contributed by atoms with Crippen molar-refractivity contribution in [2.75, 3.05) is 27.7 Å². The molecule has 1 unspecified atom stereocenters. The molecule has 5 heteroatoms. The molecule has 1 N–H and O–H groups in total. The number of hydrogen-bond donors (Lipinski definition) is 1. The first-order chi connectivity index (χ1) is 8.13. The second kappa shape index (κ2) is 5.50. The lowest BCUT2D eigenvalue weighted by Gasteiger charge is -2.19. The van der Waals surface area contributed by atoms with Crippen molar-refractivity contribution in [3.05, 3.63) is 16.4 Å². The molecule has 1 heterocycles. The Bertz CT molecular complexity index is 371. The largest absolute Gasteiger partial charge is 0.311 e. The summed E-state index contributed by atoms with van der Waals surface area (Å²) < 4.78 is 3.26. The van der Waals surface area contributed by atoms with E-state index < -0.39 is 0 Å². The lowest BCUT2D eigenvalue weighted by atomic mass is 10.1. The minimum absolute atomic E-state index is 0.439. The zero-order chi connectivity index (χ0) is 12.4. The van der Waals surface area contributed by atoms with Crippen molar-refractivity contribution in [2.45, 2.75) is 25.4 Å². The first kappa shape index (κ1) is 13.1. The van der Waals surface area contributed by atoms with Crippen LogP contribution in [-0.4, -0.2) is 42.4 Å². The predicted molar refractivity (Wildman–Crippen MR) is 73.0 cm³/mol. The lowest BCUT2D eigenvalue weighted by molar-refractivity contribution is 0.360. The SMILES string of the molecule is CNC(c1c(Br)cnn1CCN(C)C)C1CC1. The molecule has 0 amide bonds. The van der Waals surface area contributed by atoms with Gasteiger partial charge in [0.2, 0.25) is 0 Å². The molecule has 0 bridgehead atoms. The van der Waals surface area contributed by atoms with Crippen LogP contribution in [0.25, 0.3) is 0 Å². The van der Waals surface area contributed by atoms with Gasteiger partial charge in [0.1, 0.15) is 0 Å². The summed E-state index contributed by atoms with van der Waals surface area (Å²) in [5, 5.41) is 7.90. The van der Waals surface area contributed by atoms with Crippen LogP contribution in [-0.2, 0) is 6.54 Å². The van der Waals surface area contributed by atoms with Crippen molar-refractivity contribution in [1.82, 2.24) is 20.0 Å². The summed E-state index contributed by atoms with van der Waals surface area (Å²) in [6, 6.07) is 0.439. The molecule has 1 aliphatic rings. The van der Waals surface area contributed by atoms with E-state index in [9.17, 15) is 0 Å². The van der Waals surface area contributed by atoms with Gasteiger partial charge in [0.05, 0.1) is 29.0 Å². The van der Waals surface area contributed by atoms with Crippen molar-refractivity contribution in [3.63, 3.8) is 0 Å². The smallest absolute Gasteiger partial charge is 0.0698 e. The molecule has 1 atom stereocenters. The number of aromatic nitrogens is 2. The Hall–Kier alpha value is -0.390. The fourth-order valence-corrected chi connectivity index (χ4v) is 2.72. The highest BCUT2D eigenvalue weighted by Crippen LogP contribution is 2.42. The molecule has 0 aliphatic heterocycles. The molecule has 0 aromatic carbocycles. The molecule has 1 aliphatic carbocycles. The van der Waals surface area contributed by atoms with E-state index in [0.29, 0.717) is 6.04 Å². The maximum atomic E-state index is 4.47. The zero-order valence-corrected chi connectivity index (χ0v) is 12.4. The summed E-state index contributed by atoms with van der Waals surface area (Å²) in [6.45, 7) is 1.96. The highest BCUT2D eigenvalue weighted by Gasteiger charge is 2.34. The van der Waals surface area contributed by atoms with Crippen LogP contribution in [0.15, 0.2) is 10.7 Å². The number of likely N-dealkylation sites (N-methyl/N-ethyl adjacent to an activating group) is 1. The van der Waals surface area contributed by atoms with Gasteiger partial charge in [0.25, 0.3) is 0 Å². The van der Waals surface area contributed by atoms with Crippen molar-refractivity contribution in [2.24, 2.45) is 5.92 Å². The van der Waals surface area contributed by atoms with Crippen LogP contribution in [0.1, 0.15) is 24.6 Å². The third-order valence-electron chi connectivity index (χ3n) is 3.29. The third-order valence-corrected chi connectivity index (χ3v) is 3.90. The molecule has 0 radical (unpaired) electrons. The molecule has 1 saturated carbocycles. The van der Waals surface area contributed by atoms with E-state index in [4.69, 9.17) is 0 Å². The number of hydrogen-bond acceptors (Lipinski definition) is 3. The van der Waals surface area contributed by atoms with Crippen molar-refractivity contribution < 1.29 is 0 Å². The van der Waals surface area contributed by atoms with Gasteiger partial charge in [0.15, 0.2) is 0 Å². The van der Waals surface area contributed by atoms with E-state index in [0.717, 1.165) is 23.5 Å². The zero-order valence-electron chi connectivity index (χ0n) is 10.8. The Morgan fingerprint density at radius 3 is 2.82 bits per heavy atom. The summed E-state index contributed by atoms with van der Waals surface area (Å²) in [4.78, 5) is 2.19. The summed E-state index contributed by atoms with van der Waals surface area (Å²) >= 11 is 3.62. The minimum Gasteiger partial charge on any atom is -0.311 e. The average molecular weight is 301 g/mol. The van der Waals surface area contributed by atoms with Gasteiger partial charge in [-0.2, -0.15) is 5.10 Å². The van der Waals surface area contributed by atoms with E-state index >= 15 is 0 Å². The summed E-state index contributed by atoms with van der Waals surface area (Å²) in [5.41, 5.74) is 1.30. The number of nitrogens with one attached hydrogen (secondary N) is 1. The number of rotatable bonds is 6. The first-order valence-electron chi connectivity index (χ1n) is 6.16. The van der Waals surface area contributed by atoms with Gasteiger partial charge < -0.3 is 10.2 Å². The summed E-state index contributed by atoms with van der Waals surface area (Å²) in [5.74, 6) is 0.783. The van der Waals surface area contributed by atoms with E-state index in [1.54, 1.807) is 0 Å². The quantitative estimate of drug-likeness (QED) is 0.871. The van der Waals surface area contributed by atoms with Crippen LogP contribution in [0, 0.1) is 5.92 Å². The fraction of sp³-hybridized carbons (Fsp3) is 0.750. The topological polar surface area (TPSA) is 33.1 Å². The van der Waals surface area contributed by atoms with E-state index in [1.807, 2.05) is 13.2 Å². The second-order valence-corrected chi connectivity index (χ2v) is 5.86. The molecule has 1 aromatic rings. The number of halogens is 1. The Morgan fingerprint density at radius 1 is 1.59 bits per heavy atom. The summed E-state index contributed by atoms with van der Waals surface area (Å²) in [7, 11) is 6.22. The molecule has 1 fully saturated rings. The normalized spacial score (nSPS) is 17.7. The van der Waals surface area contributed by atoms with Gasteiger partial charge in [-0.25, -0.2) is 0 Å². The second-order valence-electron chi connectivity index (χ2n) is 5.01. The average Bonchev–Trinajstić information content (AvgIpc) is 3.04. The highest BCUT2D eigenvalue weighted by molar-refractivity contribution is 9.10. The molecule has 17 heavy (non-hydrogen) atoms. The monoisotopic (exact) mass is 300 g/mol. The van der Waals surface area contributed by atoms with Crippen molar-refractivity contribution in [3.8, 4) is 0 Å². The van der Waals surface area contributed by atoms with Gasteiger partial charge in [-0.05, 0) is 55.8 Å². The molecule has 96 valence electrons. The van der Waals surface area contributed by atoms with Gasteiger partial charge in [-0.15, -0.1) is 0 Å². The first-order valence-corrected chi connectivity index (χ1v) is 6.96. The Morgan fingerprint density at radius 2 is 2.29 bits per heavy atom. The van der Waals surface area contributed by atoms with Crippen LogP contribution < -0.4 is 5.32 Å². The van der Waals surface area contributed by atoms with Crippen LogP contribution in [0.5, 0.6) is 0 Å². The van der Waals surface area contributed by atoms with Crippen molar-refractivity contribution >= 4 is 15.9 Å². The van der Waals surface area contributed by atoms with E-state index in [2.05, 4.69) is 50.0 Å². The Labute approximate surface area is 111 Å². The van der Waals surface area contributed by atoms with Crippen LogP contribution in [0.3, 0.4) is 0 Å². The number of nitrogens with zero attached hydrogens (tertiary/aromatic N) is 3. The van der Waals surface area contributed by atoms with E-state index in [-0.39, 0.29) is 0 Å². The molecule has 1 aromatic heterocycles. The van der Waals surface area contributed by atoms with Gasteiger partial charge in [-0.1, -0.05) is 0 Å². The summed E-state index contributed by atoms with van der Waals surface area (Å²) in [6.07, 6.45) is 4.57. The molecule has 0 spiro atoms. The fourth-order valence-electron chi connectivity index (χ4n) is 2.18. The van der Waals surface area contributed by atoms with E-state index in [1.165, 1.54) is 18.5 Å². The Kier molecular flexibility index (Phi) is 4.22. The maximum absolute atomic E-state index is 4.47. The van der Waals surface area contributed by atoms with Gasteiger partial charge in [0, 0.05) is 6.54 Å². The Balaban J connectivity index is 2.15. The highest BCUT2D eigenvalue weighted by atomic mass is 79.9. The standard InChI is InChI=1S/C12H21BrN4/c1-14-11(9-4-5-9)12-10(13)8-15-17(12)7-6-16(2)3/h8-9,11,14H,4-7H2,1-3H3. The van der Waals surface area contributed by atoms with Gasteiger partial charge in [-0.3, -0.25) is 4.68 Å². The van der Waals surface area contributed by atoms with Crippen LogP contribution in [0.2, 0.25) is 0 Å². The van der Waals surface area contributed by atoms with Crippen LogP contribution in [0.4, 0.5) is 0 Å². The molecular weight excluding hydrogens is 280 g/mol. The van der Waals surface area contributed by atoms with Gasteiger partial charge >= 0.3 is 0 Å². The predicted octanol–water partition coefficient (Wildman–Crippen LogP) is 1.88. The lowest BCUT2D eigenvalue weighted by Crippen LogP contribution is -2.25. The maximum Gasteiger partial charge on any atom is 0.0698 e. The minimum atomic E-state index is 0.439. The molecule has 4 nitrogen and oxygen atoms in total.